The van der Waals surface area contributed by atoms with Crippen molar-refractivity contribution in [3.05, 3.63) is 64.7 Å². The normalized spacial score (nSPS) is 13.3. The minimum atomic E-state index is -1.06. The van der Waals surface area contributed by atoms with Crippen LogP contribution in [0.1, 0.15) is 27.0 Å². The predicted molar refractivity (Wildman–Crippen MR) is 83.7 cm³/mol. The summed E-state index contributed by atoms with van der Waals surface area (Å²) in [7, 11) is -1.06. The summed E-state index contributed by atoms with van der Waals surface area (Å²) >= 11 is 0. The van der Waals surface area contributed by atoms with Gasteiger partial charge in [-0.3, -0.25) is 4.79 Å². The average molecular weight is 278 g/mol. The second kappa shape index (κ2) is 5.18. The third-order valence-electron chi connectivity index (χ3n) is 3.66. The molecular formula is C16H15BN2O2. The molecule has 5 heteroatoms. The summed E-state index contributed by atoms with van der Waals surface area (Å²) in [5.74, 6) is -0.303. The van der Waals surface area contributed by atoms with Crippen molar-refractivity contribution in [2.24, 2.45) is 5.10 Å². The lowest BCUT2D eigenvalue weighted by atomic mass is 9.69. The summed E-state index contributed by atoms with van der Waals surface area (Å²) in [5.41, 5.74) is 4.03. The smallest absolute Gasteiger partial charge is 0.427 e. The molecule has 1 amide bonds. The lowest BCUT2D eigenvalue weighted by Gasteiger charge is -2.25. The van der Waals surface area contributed by atoms with Gasteiger partial charge >= 0.3 is 7.05 Å². The molecule has 1 heterocycles. The van der Waals surface area contributed by atoms with E-state index >= 15 is 0 Å². The monoisotopic (exact) mass is 278 g/mol. The number of hydrazone groups is 1. The maximum Gasteiger partial charge on any atom is 0.474 e. The molecule has 0 aromatic heterocycles. The zero-order valence-electron chi connectivity index (χ0n) is 11.9. The highest BCUT2D eigenvalue weighted by Gasteiger charge is 2.34. The molecule has 2 aromatic carbocycles. The second-order valence-electron chi connectivity index (χ2n) is 5.22. The van der Waals surface area contributed by atoms with Crippen molar-refractivity contribution in [1.82, 2.24) is 4.92 Å². The van der Waals surface area contributed by atoms with Crippen LogP contribution >= 0.6 is 0 Å². The molecule has 0 saturated carbocycles. The van der Waals surface area contributed by atoms with Gasteiger partial charge in [0.2, 0.25) is 0 Å². The van der Waals surface area contributed by atoms with Crippen molar-refractivity contribution in [1.29, 1.82) is 0 Å². The number of amides is 1. The minimum absolute atomic E-state index is 0.303. The summed E-state index contributed by atoms with van der Waals surface area (Å²) < 4.78 is 0. The number of carbonyl (C=O) groups is 1. The van der Waals surface area contributed by atoms with Crippen LogP contribution in [-0.2, 0) is 0 Å². The molecular weight excluding hydrogens is 263 g/mol. The highest BCUT2D eigenvalue weighted by molar-refractivity contribution is 6.68. The molecule has 0 saturated heterocycles. The molecule has 4 nitrogen and oxygen atoms in total. The molecule has 0 aliphatic carbocycles. The van der Waals surface area contributed by atoms with Gasteiger partial charge in [0, 0.05) is 5.56 Å². The van der Waals surface area contributed by atoms with Gasteiger partial charge < -0.3 is 5.02 Å². The first-order chi connectivity index (χ1) is 10.1. The summed E-state index contributed by atoms with van der Waals surface area (Å²) in [5, 5.41) is 14.5. The Hall–Kier alpha value is -2.40. The summed E-state index contributed by atoms with van der Waals surface area (Å²) in [6, 6.07) is 13.0. The molecule has 1 aliphatic rings. The lowest BCUT2D eigenvalue weighted by Crippen LogP contribution is -2.52. The maximum absolute atomic E-state index is 12.6. The second-order valence-corrected chi connectivity index (χ2v) is 5.22. The van der Waals surface area contributed by atoms with Crippen molar-refractivity contribution in [2.75, 3.05) is 0 Å². The van der Waals surface area contributed by atoms with Crippen LogP contribution < -0.4 is 5.46 Å². The molecule has 0 radical (unpaired) electrons. The molecule has 3 rings (SSSR count). The molecule has 0 spiro atoms. The first kappa shape index (κ1) is 13.6. The molecule has 2 aromatic rings. The van der Waals surface area contributed by atoms with E-state index in [2.05, 4.69) is 5.10 Å². The van der Waals surface area contributed by atoms with Crippen LogP contribution in [0.5, 0.6) is 0 Å². The SMILES string of the molecule is Cc1ccc2c(c1)C=NN(C(=O)c1ccccc1C)B2O. The number of hydrogen-bond donors (Lipinski definition) is 1. The number of rotatable bonds is 1. The van der Waals surface area contributed by atoms with Crippen LogP contribution in [0.4, 0.5) is 0 Å². The van der Waals surface area contributed by atoms with E-state index in [0.717, 1.165) is 21.6 Å². The fraction of sp³-hybridized carbons (Fsp3) is 0.125. The van der Waals surface area contributed by atoms with E-state index in [1.54, 1.807) is 18.3 Å². The van der Waals surface area contributed by atoms with Crippen molar-refractivity contribution in [3.8, 4) is 0 Å². The molecule has 0 unspecified atom stereocenters. The Morgan fingerprint density at radius 3 is 2.71 bits per heavy atom. The average Bonchev–Trinajstić information content (AvgIpc) is 2.47. The Labute approximate surface area is 123 Å². The molecule has 0 atom stereocenters. The highest BCUT2D eigenvalue weighted by Crippen LogP contribution is 2.15. The van der Waals surface area contributed by atoms with Gasteiger partial charge in [-0.15, -0.1) is 0 Å². The van der Waals surface area contributed by atoms with Gasteiger partial charge in [-0.2, -0.15) is 5.10 Å². The quantitative estimate of drug-likeness (QED) is 0.803. The van der Waals surface area contributed by atoms with E-state index in [-0.39, 0.29) is 5.91 Å². The van der Waals surface area contributed by atoms with Gasteiger partial charge in [0.05, 0.1) is 6.21 Å². The van der Waals surface area contributed by atoms with Gasteiger partial charge in [-0.1, -0.05) is 42.0 Å². The van der Waals surface area contributed by atoms with Gasteiger partial charge in [-0.05, 0) is 36.5 Å². The largest absolute Gasteiger partial charge is 0.474 e. The van der Waals surface area contributed by atoms with Crippen LogP contribution in [0.15, 0.2) is 47.6 Å². The van der Waals surface area contributed by atoms with Crippen molar-refractivity contribution in [3.63, 3.8) is 0 Å². The highest BCUT2D eigenvalue weighted by atomic mass is 16.2. The van der Waals surface area contributed by atoms with E-state index in [1.807, 2.05) is 44.2 Å². The molecule has 1 aliphatic heterocycles. The van der Waals surface area contributed by atoms with Gasteiger partial charge in [0.15, 0.2) is 0 Å². The third kappa shape index (κ3) is 2.36. The fourth-order valence-electron chi connectivity index (χ4n) is 2.46. The van der Waals surface area contributed by atoms with Gasteiger partial charge in [0.1, 0.15) is 0 Å². The topological polar surface area (TPSA) is 52.9 Å². The van der Waals surface area contributed by atoms with Gasteiger partial charge in [-0.25, -0.2) is 4.92 Å². The molecule has 104 valence electrons. The Morgan fingerprint density at radius 1 is 1.19 bits per heavy atom. The van der Waals surface area contributed by atoms with E-state index < -0.39 is 7.05 Å². The summed E-state index contributed by atoms with van der Waals surface area (Å²) in [4.78, 5) is 13.7. The maximum atomic E-state index is 12.6. The van der Waals surface area contributed by atoms with Gasteiger partial charge in [0.25, 0.3) is 5.91 Å². The number of nitrogens with zero attached hydrogens (tertiary/aromatic N) is 2. The summed E-state index contributed by atoms with van der Waals surface area (Å²) in [6.45, 7) is 3.84. The molecule has 1 N–H and O–H groups in total. The Bertz CT molecular complexity index is 743. The van der Waals surface area contributed by atoms with Crippen molar-refractivity contribution < 1.29 is 9.82 Å². The number of aryl methyl sites for hydroxylation is 2. The van der Waals surface area contributed by atoms with Crippen LogP contribution in [0.2, 0.25) is 0 Å². The van der Waals surface area contributed by atoms with E-state index in [9.17, 15) is 9.82 Å². The van der Waals surface area contributed by atoms with E-state index in [0.29, 0.717) is 11.0 Å². The van der Waals surface area contributed by atoms with Crippen molar-refractivity contribution in [2.45, 2.75) is 13.8 Å². The molecule has 21 heavy (non-hydrogen) atoms. The predicted octanol–water partition coefficient (Wildman–Crippen LogP) is 1.48. The van der Waals surface area contributed by atoms with Crippen LogP contribution in [0, 0.1) is 13.8 Å². The Kier molecular flexibility index (Phi) is 3.35. The zero-order valence-corrected chi connectivity index (χ0v) is 11.9. The third-order valence-corrected chi connectivity index (χ3v) is 3.66. The van der Waals surface area contributed by atoms with Crippen LogP contribution in [-0.4, -0.2) is 29.1 Å². The standard InChI is InChI=1S/C16H15BN2O2/c1-11-7-8-15-13(9-11)10-18-19(17(15)21)16(20)14-6-4-3-5-12(14)2/h3-10,21H,1-2H3. The summed E-state index contributed by atoms with van der Waals surface area (Å²) in [6.07, 6.45) is 1.62. The van der Waals surface area contributed by atoms with Crippen LogP contribution in [0.25, 0.3) is 0 Å². The zero-order chi connectivity index (χ0) is 15.0. The number of benzene rings is 2. The first-order valence-corrected chi connectivity index (χ1v) is 6.80. The van der Waals surface area contributed by atoms with E-state index in [1.165, 1.54) is 0 Å². The molecule has 0 bridgehead atoms. The lowest BCUT2D eigenvalue weighted by molar-refractivity contribution is 0.0845. The number of carbonyl (C=O) groups excluding carboxylic acids is 1. The Balaban J connectivity index is 1.98. The fourth-order valence-corrected chi connectivity index (χ4v) is 2.46. The molecule has 0 fully saturated rings. The first-order valence-electron chi connectivity index (χ1n) is 6.80. The Morgan fingerprint density at radius 2 is 1.95 bits per heavy atom. The number of hydrogen-bond acceptors (Lipinski definition) is 3. The minimum Gasteiger partial charge on any atom is -0.427 e. The van der Waals surface area contributed by atoms with E-state index in [4.69, 9.17) is 0 Å². The van der Waals surface area contributed by atoms with Crippen LogP contribution in [0.3, 0.4) is 0 Å². The number of fused-ring (bicyclic) bond motifs is 1. The van der Waals surface area contributed by atoms with Crippen molar-refractivity contribution >= 4 is 24.6 Å².